The van der Waals surface area contributed by atoms with Crippen LogP contribution in [0.2, 0.25) is 0 Å². The number of benzene rings is 2. The monoisotopic (exact) mass is 386 g/mol. The van der Waals surface area contributed by atoms with Gasteiger partial charge in [-0.15, -0.1) is 0 Å². The van der Waals surface area contributed by atoms with E-state index in [1.165, 1.54) is 12.3 Å². The third-order valence-electron chi connectivity index (χ3n) is 3.42. The molecule has 24 heavy (non-hydrogen) atoms. The van der Waals surface area contributed by atoms with Gasteiger partial charge in [-0.2, -0.15) is 9.78 Å². The minimum absolute atomic E-state index is 0.0801. The summed E-state index contributed by atoms with van der Waals surface area (Å²) in [6.45, 7) is 1.65. The summed E-state index contributed by atoms with van der Waals surface area (Å²) in [7, 11) is 0. The maximum absolute atomic E-state index is 12.6. The van der Waals surface area contributed by atoms with Crippen LogP contribution < -0.4 is 5.56 Å². The number of hydrogen-bond donors (Lipinski definition) is 0. The molecule has 8 heteroatoms. The molecule has 0 N–H and O–H groups in total. The molecule has 0 fully saturated rings. The Morgan fingerprint density at radius 2 is 2.04 bits per heavy atom. The van der Waals surface area contributed by atoms with Crippen LogP contribution in [0.1, 0.15) is 11.4 Å². The lowest BCUT2D eigenvalue weighted by Crippen LogP contribution is -2.20. The molecule has 0 unspecified atom stereocenters. The Labute approximate surface area is 144 Å². The van der Waals surface area contributed by atoms with Crippen LogP contribution in [0.25, 0.3) is 10.9 Å². The zero-order chi connectivity index (χ0) is 17.3. The summed E-state index contributed by atoms with van der Waals surface area (Å²) in [5, 5.41) is 15.5. The summed E-state index contributed by atoms with van der Waals surface area (Å²) in [6, 6.07) is 11.4. The molecule has 0 atom stereocenters. The average Bonchev–Trinajstić information content (AvgIpc) is 2.55. The van der Waals surface area contributed by atoms with Crippen molar-refractivity contribution < 1.29 is 4.92 Å². The van der Waals surface area contributed by atoms with E-state index in [0.717, 1.165) is 9.15 Å². The topological polar surface area (TPSA) is 90.4 Å². The number of aryl methyl sites for hydroxylation is 1. The standard InChI is InChI=1S/C16H11BrN4O3/c1-10-19-14-7-6-12(17)8-13(14)16(22)20(10)18-9-11-4-2-3-5-15(11)21(23)24/h2-9H,1H3. The van der Waals surface area contributed by atoms with Crippen LogP contribution in [0.15, 0.2) is 56.8 Å². The summed E-state index contributed by atoms with van der Waals surface area (Å²) in [5.74, 6) is 0.393. The van der Waals surface area contributed by atoms with Gasteiger partial charge >= 0.3 is 0 Å². The Hall–Kier alpha value is -2.87. The molecule has 0 bridgehead atoms. The van der Waals surface area contributed by atoms with Crippen LogP contribution in [-0.2, 0) is 0 Å². The van der Waals surface area contributed by atoms with Gasteiger partial charge in [0.05, 0.1) is 27.6 Å². The maximum Gasteiger partial charge on any atom is 0.282 e. The van der Waals surface area contributed by atoms with Gasteiger partial charge in [0, 0.05) is 10.5 Å². The smallest absolute Gasteiger partial charge is 0.267 e. The van der Waals surface area contributed by atoms with E-state index < -0.39 is 4.92 Å². The fraction of sp³-hybridized carbons (Fsp3) is 0.0625. The van der Waals surface area contributed by atoms with Gasteiger partial charge in [0.25, 0.3) is 11.2 Å². The van der Waals surface area contributed by atoms with Gasteiger partial charge in [-0.25, -0.2) is 4.98 Å². The van der Waals surface area contributed by atoms with Gasteiger partial charge in [-0.1, -0.05) is 28.1 Å². The van der Waals surface area contributed by atoms with Crippen LogP contribution >= 0.6 is 15.9 Å². The van der Waals surface area contributed by atoms with Gasteiger partial charge < -0.3 is 0 Å². The van der Waals surface area contributed by atoms with Crippen molar-refractivity contribution in [2.45, 2.75) is 6.92 Å². The number of rotatable bonds is 3. The van der Waals surface area contributed by atoms with E-state index in [-0.39, 0.29) is 11.2 Å². The van der Waals surface area contributed by atoms with E-state index in [2.05, 4.69) is 26.0 Å². The summed E-state index contributed by atoms with van der Waals surface area (Å²) < 4.78 is 1.89. The Bertz CT molecular complexity index is 1040. The molecule has 0 saturated carbocycles. The van der Waals surface area contributed by atoms with Crippen LogP contribution in [0.3, 0.4) is 0 Å². The second-order valence-corrected chi connectivity index (χ2v) is 5.91. The molecule has 3 aromatic rings. The van der Waals surface area contributed by atoms with Crippen molar-refractivity contribution in [3.63, 3.8) is 0 Å². The molecule has 0 aliphatic rings. The highest BCUT2D eigenvalue weighted by Crippen LogP contribution is 2.17. The molecule has 1 heterocycles. The highest BCUT2D eigenvalue weighted by atomic mass is 79.9. The lowest BCUT2D eigenvalue weighted by molar-refractivity contribution is -0.385. The SMILES string of the molecule is Cc1nc2ccc(Br)cc2c(=O)n1N=Cc1ccccc1[N+](=O)[O-]. The lowest BCUT2D eigenvalue weighted by Gasteiger charge is -2.05. The number of para-hydroxylation sites is 1. The van der Waals surface area contributed by atoms with Crippen LogP contribution in [0, 0.1) is 17.0 Å². The zero-order valence-electron chi connectivity index (χ0n) is 12.5. The Morgan fingerprint density at radius 1 is 1.29 bits per heavy atom. The Balaban J connectivity index is 2.14. The van der Waals surface area contributed by atoms with Crippen LogP contribution in [-0.4, -0.2) is 20.8 Å². The van der Waals surface area contributed by atoms with Gasteiger partial charge in [0.15, 0.2) is 0 Å². The van der Waals surface area contributed by atoms with Crippen LogP contribution in [0.4, 0.5) is 5.69 Å². The number of fused-ring (bicyclic) bond motifs is 1. The molecule has 7 nitrogen and oxygen atoms in total. The predicted octanol–water partition coefficient (Wildman–Crippen LogP) is 3.26. The van der Waals surface area contributed by atoms with Gasteiger partial charge in [-0.3, -0.25) is 14.9 Å². The molecule has 0 aliphatic carbocycles. The number of aromatic nitrogens is 2. The highest BCUT2D eigenvalue weighted by molar-refractivity contribution is 9.10. The van der Waals surface area contributed by atoms with E-state index in [1.54, 1.807) is 43.3 Å². The van der Waals surface area contributed by atoms with Gasteiger partial charge in [0.2, 0.25) is 0 Å². The number of nitro benzene ring substituents is 1. The molecule has 0 amide bonds. The van der Waals surface area contributed by atoms with Crippen molar-refractivity contribution in [1.29, 1.82) is 0 Å². The summed E-state index contributed by atoms with van der Waals surface area (Å²) in [4.78, 5) is 27.5. The molecule has 0 aliphatic heterocycles. The first-order chi connectivity index (χ1) is 11.5. The number of nitro groups is 1. The predicted molar refractivity (Wildman–Crippen MR) is 94.5 cm³/mol. The molecule has 1 aromatic heterocycles. The first-order valence-electron chi connectivity index (χ1n) is 6.94. The average molecular weight is 387 g/mol. The molecule has 120 valence electrons. The fourth-order valence-corrected chi connectivity index (χ4v) is 2.64. The van der Waals surface area contributed by atoms with E-state index in [1.807, 2.05) is 0 Å². The first kappa shape index (κ1) is 16.0. The van der Waals surface area contributed by atoms with E-state index in [4.69, 9.17) is 0 Å². The van der Waals surface area contributed by atoms with E-state index in [9.17, 15) is 14.9 Å². The molecule has 0 radical (unpaired) electrons. The van der Waals surface area contributed by atoms with Crippen molar-refractivity contribution in [3.05, 3.63) is 78.8 Å². The van der Waals surface area contributed by atoms with E-state index >= 15 is 0 Å². The number of halogens is 1. The quantitative estimate of drug-likeness (QED) is 0.392. The van der Waals surface area contributed by atoms with Gasteiger partial charge in [0.1, 0.15) is 5.82 Å². The van der Waals surface area contributed by atoms with Crippen LogP contribution in [0.5, 0.6) is 0 Å². The minimum Gasteiger partial charge on any atom is -0.267 e. The van der Waals surface area contributed by atoms with Crippen molar-refractivity contribution >= 4 is 38.7 Å². The highest BCUT2D eigenvalue weighted by Gasteiger charge is 2.11. The fourth-order valence-electron chi connectivity index (χ4n) is 2.28. The van der Waals surface area contributed by atoms with Gasteiger partial charge in [-0.05, 0) is 31.2 Å². The summed E-state index contributed by atoms with van der Waals surface area (Å²) in [6.07, 6.45) is 1.29. The van der Waals surface area contributed by atoms with Crippen molar-refractivity contribution in [3.8, 4) is 0 Å². The molecular weight excluding hydrogens is 376 g/mol. The molecule has 2 aromatic carbocycles. The maximum atomic E-state index is 12.6. The number of nitrogens with zero attached hydrogens (tertiary/aromatic N) is 4. The second kappa shape index (κ2) is 6.32. The largest absolute Gasteiger partial charge is 0.282 e. The summed E-state index contributed by atoms with van der Waals surface area (Å²) in [5.41, 5.74) is 0.457. The normalized spacial score (nSPS) is 11.2. The molecule has 0 spiro atoms. The Morgan fingerprint density at radius 3 is 2.79 bits per heavy atom. The number of hydrogen-bond acceptors (Lipinski definition) is 5. The zero-order valence-corrected chi connectivity index (χ0v) is 14.1. The third-order valence-corrected chi connectivity index (χ3v) is 3.91. The minimum atomic E-state index is -0.493. The van der Waals surface area contributed by atoms with Crippen molar-refractivity contribution in [2.24, 2.45) is 5.10 Å². The molecule has 0 saturated heterocycles. The Kier molecular flexibility index (Phi) is 4.22. The first-order valence-corrected chi connectivity index (χ1v) is 7.73. The van der Waals surface area contributed by atoms with Crippen molar-refractivity contribution in [1.82, 2.24) is 9.66 Å². The molecule has 3 rings (SSSR count). The second-order valence-electron chi connectivity index (χ2n) is 5.00. The molecular formula is C16H11BrN4O3. The lowest BCUT2D eigenvalue weighted by atomic mass is 10.2. The van der Waals surface area contributed by atoms with Crippen molar-refractivity contribution in [2.75, 3.05) is 0 Å². The summed E-state index contributed by atoms with van der Waals surface area (Å²) >= 11 is 3.32. The third kappa shape index (κ3) is 2.95. The van der Waals surface area contributed by atoms with E-state index in [0.29, 0.717) is 22.3 Å².